The first-order valence-electron chi connectivity index (χ1n) is 6.72. The molecule has 0 bridgehead atoms. The maximum Gasteiger partial charge on any atom is 0.243 e. The molecule has 1 aromatic carbocycles. The van der Waals surface area contributed by atoms with Crippen LogP contribution >= 0.6 is 0 Å². The summed E-state index contributed by atoms with van der Waals surface area (Å²) in [7, 11) is -3.48. The summed E-state index contributed by atoms with van der Waals surface area (Å²) in [6.07, 6.45) is 1.69. The molecule has 1 aliphatic rings. The first-order chi connectivity index (χ1) is 9.00. The SMILES string of the molecule is CCc1ccc(S(=O)(=O)N2CCC(C)C2CO)cc1. The molecule has 4 nitrogen and oxygen atoms in total. The molecular formula is C14H21NO3S. The van der Waals surface area contributed by atoms with Crippen LogP contribution in [-0.2, 0) is 16.4 Å². The van der Waals surface area contributed by atoms with E-state index in [0.29, 0.717) is 11.4 Å². The summed E-state index contributed by atoms with van der Waals surface area (Å²) in [6, 6.07) is 6.72. The van der Waals surface area contributed by atoms with Crippen molar-refractivity contribution in [2.24, 2.45) is 5.92 Å². The fourth-order valence-corrected chi connectivity index (χ4v) is 4.30. The molecule has 1 saturated heterocycles. The van der Waals surface area contributed by atoms with Gasteiger partial charge in [-0.2, -0.15) is 4.31 Å². The summed E-state index contributed by atoms with van der Waals surface area (Å²) in [5, 5.41) is 9.39. The van der Waals surface area contributed by atoms with Crippen LogP contribution in [0.1, 0.15) is 25.8 Å². The summed E-state index contributed by atoms with van der Waals surface area (Å²) in [5.41, 5.74) is 1.12. The minimum atomic E-state index is -3.48. The third-order valence-corrected chi connectivity index (χ3v) is 5.90. The van der Waals surface area contributed by atoms with E-state index < -0.39 is 10.0 Å². The van der Waals surface area contributed by atoms with Crippen LogP contribution in [0.5, 0.6) is 0 Å². The Morgan fingerprint density at radius 1 is 1.32 bits per heavy atom. The molecule has 0 amide bonds. The van der Waals surface area contributed by atoms with Crippen molar-refractivity contribution in [1.29, 1.82) is 0 Å². The maximum atomic E-state index is 12.6. The van der Waals surface area contributed by atoms with Crippen LogP contribution in [0.3, 0.4) is 0 Å². The number of nitrogens with zero attached hydrogens (tertiary/aromatic N) is 1. The number of rotatable bonds is 4. The van der Waals surface area contributed by atoms with Gasteiger partial charge < -0.3 is 5.11 Å². The summed E-state index contributed by atoms with van der Waals surface area (Å²) < 4.78 is 26.6. The third kappa shape index (κ3) is 2.68. The van der Waals surface area contributed by atoms with Gasteiger partial charge in [0, 0.05) is 6.54 Å². The number of hydrogen-bond donors (Lipinski definition) is 1. The van der Waals surface area contributed by atoms with Gasteiger partial charge in [-0.05, 0) is 36.5 Å². The quantitative estimate of drug-likeness (QED) is 0.914. The average Bonchev–Trinajstić information content (AvgIpc) is 2.80. The zero-order valence-electron chi connectivity index (χ0n) is 11.4. The normalized spacial score (nSPS) is 24.8. The Morgan fingerprint density at radius 2 is 1.95 bits per heavy atom. The van der Waals surface area contributed by atoms with E-state index in [4.69, 9.17) is 0 Å². The average molecular weight is 283 g/mol. The molecule has 0 aromatic heterocycles. The number of benzene rings is 1. The Hall–Kier alpha value is -0.910. The topological polar surface area (TPSA) is 57.6 Å². The second-order valence-electron chi connectivity index (χ2n) is 5.13. The van der Waals surface area contributed by atoms with E-state index >= 15 is 0 Å². The van der Waals surface area contributed by atoms with Crippen LogP contribution in [0.2, 0.25) is 0 Å². The standard InChI is InChI=1S/C14H21NO3S/c1-3-12-4-6-13(7-5-12)19(17,18)15-9-8-11(2)14(15)10-16/h4-7,11,14,16H,3,8-10H2,1-2H3. The van der Waals surface area contributed by atoms with Crippen LogP contribution in [0.15, 0.2) is 29.2 Å². The lowest BCUT2D eigenvalue weighted by atomic mass is 10.0. The van der Waals surface area contributed by atoms with Crippen LogP contribution in [-0.4, -0.2) is 37.0 Å². The molecule has 0 radical (unpaired) electrons. The lowest BCUT2D eigenvalue weighted by molar-refractivity contribution is 0.191. The predicted molar refractivity (Wildman–Crippen MR) is 74.4 cm³/mol. The van der Waals surface area contributed by atoms with Crippen LogP contribution in [0, 0.1) is 5.92 Å². The van der Waals surface area contributed by atoms with Crippen molar-refractivity contribution < 1.29 is 13.5 Å². The molecule has 0 saturated carbocycles. The Labute approximate surface area is 115 Å². The molecule has 2 unspecified atom stereocenters. The van der Waals surface area contributed by atoms with Crippen LogP contribution in [0.25, 0.3) is 0 Å². The van der Waals surface area contributed by atoms with E-state index in [0.717, 1.165) is 18.4 Å². The highest BCUT2D eigenvalue weighted by Gasteiger charge is 2.38. The maximum absolute atomic E-state index is 12.6. The zero-order valence-corrected chi connectivity index (χ0v) is 12.2. The van der Waals surface area contributed by atoms with Crippen molar-refractivity contribution in [2.45, 2.75) is 37.6 Å². The van der Waals surface area contributed by atoms with Gasteiger partial charge in [-0.15, -0.1) is 0 Å². The first-order valence-corrected chi connectivity index (χ1v) is 8.16. The molecular weight excluding hydrogens is 262 g/mol. The smallest absolute Gasteiger partial charge is 0.243 e. The molecule has 2 atom stereocenters. The van der Waals surface area contributed by atoms with Gasteiger partial charge in [-0.3, -0.25) is 0 Å². The molecule has 2 rings (SSSR count). The summed E-state index contributed by atoms with van der Waals surface area (Å²) in [5.74, 6) is 0.203. The molecule has 1 aliphatic heterocycles. The van der Waals surface area contributed by atoms with Gasteiger partial charge in [0.2, 0.25) is 10.0 Å². The van der Waals surface area contributed by atoms with E-state index in [-0.39, 0.29) is 18.6 Å². The zero-order chi connectivity index (χ0) is 14.0. The molecule has 0 spiro atoms. The Bertz CT molecular complexity index is 524. The highest BCUT2D eigenvalue weighted by molar-refractivity contribution is 7.89. The van der Waals surface area contributed by atoms with E-state index in [1.165, 1.54) is 4.31 Å². The van der Waals surface area contributed by atoms with Crippen LogP contribution in [0.4, 0.5) is 0 Å². The second-order valence-corrected chi connectivity index (χ2v) is 7.02. The molecule has 1 N–H and O–H groups in total. The van der Waals surface area contributed by atoms with E-state index in [1.807, 2.05) is 26.0 Å². The fourth-order valence-electron chi connectivity index (χ4n) is 2.57. The number of sulfonamides is 1. The monoisotopic (exact) mass is 283 g/mol. The Kier molecular flexibility index (Phi) is 4.28. The Balaban J connectivity index is 2.31. The molecule has 5 heteroatoms. The lowest BCUT2D eigenvalue weighted by Gasteiger charge is -2.24. The summed E-state index contributed by atoms with van der Waals surface area (Å²) in [4.78, 5) is 0.317. The number of hydrogen-bond acceptors (Lipinski definition) is 3. The van der Waals surface area contributed by atoms with Crippen molar-refractivity contribution in [3.05, 3.63) is 29.8 Å². The van der Waals surface area contributed by atoms with Crippen molar-refractivity contribution in [2.75, 3.05) is 13.2 Å². The van der Waals surface area contributed by atoms with Crippen molar-refractivity contribution in [3.8, 4) is 0 Å². The molecule has 19 heavy (non-hydrogen) atoms. The third-order valence-electron chi connectivity index (χ3n) is 3.96. The highest BCUT2D eigenvalue weighted by atomic mass is 32.2. The minimum Gasteiger partial charge on any atom is -0.395 e. The minimum absolute atomic E-state index is 0.118. The van der Waals surface area contributed by atoms with E-state index in [1.54, 1.807) is 12.1 Å². The molecule has 1 fully saturated rings. The molecule has 1 heterocycles. The highest BCUT2D eigenvalue weighted by Crippen LogP contribution is 2.29. The van der Waals surface area contributed by atoms with Gasteiger partial charge in [0.25, 0.3) is 0 Å². The van der Waals surface area contributed by atoms with Crippen molar-refractivity contribution in [1.82, 2.24) is 4.31 Å². The molecule has 106 valence electrons. The fraction of sp³-hybridized carbons (Fsp3) is 0.571. The number of aryl methyl sites for hydroxylation is 1. The van der Waals surface area contributed by atoms with Gasteiger partial charge in [-0.25, -0.2) is 8.42 Å². The number of aliphatic hydroxyl groups is 1. The molecule has 1 aromatic rings. The van der Waals surface area contributed by atoms with E-state index in [2.05, 4.69) is 0 Å². The van der Waals surface area contributed by atoms with Gasteiger partial charge in [0.1, 0.15) is 0 Å². The van der Waals surface area contributed by atoms with E-state index in [9.17, 15) is 13.5 Å². The summed E-state index contributed by atoms with van der Waals surface area (Å²) in [6.45, 7) is 4.39. The molecule has 0 aliphatic carbocycles. The summed E-state index contributed by atoms with van der Waals surface area (Å²) >= 11 is 0. The second kappa shape index (κ2) is 5.61. The van der Waals surface area contributed by atoms with Gasteiger partial charge in [0.15, 0.2) is 0 Å². The first kappa shape index (κ1) is 14.5. The van der Waals surface area contributed by atoms with Crippen molar-refractivity contribution in [3.63, 3.8) is 0 Å². The number of aliphatic hydroxyl groups excluding tert-OH is 1. The van der Waals surface area contributed by atoms with Gasteiger partial charge in [-0.1, -0.05) is 26.0 Å². The largest absolute Gasteiger partial charge is 0.395 e. The predicted octanol–water partition coefficient (Wildman–Crippen LogP) is 1.64. The van der Waals surface area contributed by atoms with Crippen LogP contribution < -0.4 is 0 Å². The lowest BCUT2D eigenvalue weighted by Crippen LogP contribution is -2.39. The van der Waals surface area contributed by atoms with Crippen molar-refractivity contribution >= 4 is 10.0 Å². The van der Waals surface area contributed by atoms with Gasteiger partial charge >= 0.3 is 0 Å². The Morgan fingerprint density at radius 3 is 2.47 bits per heavy atom. The van der Waals surface area contributed by atoms with Gasteiger partial charge in [0.05, 0.1) is 17.5 Å².